The van der Waals surface area contributed by atoms with Crippen molar-refractivity contribution in [2.45, 2.75) is 64.1 Å². The maximum absolute atomic E-state index is 10.2. The lowest BCUT2D eigenvalue weighted by atomic mass is 9.95. The Labute approximate surface area is 106 Å². The van der Waals surface area contributed by atoms with Gasteiger partial charge in [0.1, 0.15) is 0 Å². The quantitative estimate of drug-likeness (QED) is 0.813. The molecule has 3 heteroatoms. The molecular formula is C14H28N2O. The molecule has 0 radical (unpaired) electrons. The maximum Gasteiger partial charge on any atom is 0.0743 e. The fraction of sp³-hybridized carbons (Fsp3) is 1.00. The van der Waals surface area contributed by atoms with Crippen LogP contribution >= 0.6 is 0 Å². The van der Waals surface area contributed by atoms with Gasteiger partial charge in [-0.05, 0) is 39.7 Å². The Morgan fingerprint density at radius 3 is 2.76 bits per heavy atom. The summed E-state index contributed by atoms with van der Waals surface area (Å²) in [5.74, 6) is 0. The van der Waals surface area contributed by atoms with Gasteiger partial charge < -0.3 is 5.11 Å². The zero-order chi connectivity index (χ0) is 12.5. The van der Waals surface area contributed by atoms with Crippen molar-refractivity contribution in [1.29, 1.82) is 0 Å². The van der Waals surface area contributed by atoms with Crippen molar-refractivity contribution in [2.75, 3.05) is 26.2 Å². The summed E-state index contributed by atoms with van der Waals surface area (Å²) in [5, 5.41) is 10.2. The largest absolute Gasteiger partial charge is 0.389 e. The van der Waals surface area contributed by atoms with Crippen LogP contribution in [-0.2, 0) is 0 Å². The molecule has 3 unspecified atom stereocenters. The highest BCUT2D eigenvalue weighted by Crippen LogP contribution is 2.25. The standard InChI is InChI=1S/C14H28N2O/c1-4-14(3,17)11-16-10-13-7-5-6-8-15(13)9-12(16)2/h12-13,17H,4-11H2,1-3H3. The molecule has 2 heterocycles. The SMILES string of the molecule is CCC(C)(O)CN1CC2CCCCN2CC1C. The molecule has 2 rings (SSSR count). The Morgan fingerprint density at radius 1 is 1.29 bits per heavy atom. The van der Waals surface area contributed by atoms with Crippen LogP contribution in [-0.4, -0.2) is 58.8 Å². The topological polar surface area (TPSA) is 26.7 Å². The van der Waals surface area contributed by atoms with Crippen LogP contribution in [0.15, 0.2) is 0 Å². The second-order valence-corrected chi connectivity index (χ2v) is 6.27. The molecule has 2 saturated heterocycles. The lowest BCUT2D eigenvalue weighted by Gasteiger charge is -2.49. The minimum Gasteiger partial charge on any atom is -0.389 e. The number of hydrogen-bond acceptors (Lipinski definition) is 3. The molecule has 3 nitrogen and oxygen atoms in total. The maximum atomic E-state index is 10.2. The lowest BCUT2D eigenvalue weighted by molar-refractivity contribution is -0.0412. The average molecular weight is 240 g/mol. The Morgan fingerprint density at radius 2 is 2.06 bits per heavy atom. The van der Waals surface area contributed by atoms with Crippen LogP contribution < -0.4 is 0 Å². The molecule has 0 spiro atoms. The minimum atomic E-state index is -0.523. The smallest absolute Gasteiger partial charge is 0.0743 e. The molecule has 17 heavy (non-hydrogen) atoms. The molecule has 0 aromatic heterocycles. The van der Waals surface area contributed by atoms with Gasteiger partial charge in [-0.3, -0.25) is 9.80 Å². The van der Waals surface area contributed by atoms with Gasteiger partial charge in [0.05, 0.1) is 5.60 Å². The fourth-order valence-electron chi connectivity index (χ4n) is 3.18. The van der Waals surface area contributed by atoms with E-state index in [1.807, 2.05) is 6.92 Å². The van der Waals surface area contributed by atoms with Gasteiger partial charge in [-0.2, -0.15) is 0 Å². The summed E-state index contributed by atoms with van der Waals surface area (Å²) in [6, 6.07) is 1.33. The number of piperidine rings is 1. The van der Waals surface area contributed by atoms with Gasteiger partial charge in [-0.1, -0.05) is 13.3 Å². The lowest BCUT2D eigenvalue weighted by Crippen LogP contribution is -2.60. The van der Waals surface area contributed by atoms with E-state index in [1.165, 1.54) is 32.4 Å². The van der Waals surface area contributed by atoms with Gasteiger partial charge in [-0.25, -0.2) is 0 Å². The summed E-state index contributed by atoms with van der Waals surface area (Å²) in [6.07, 6.45) is 4.94. The summed E-state index contributed by atoms with van der Waals surface area (Å²) in [6.45, 7) is 10.8. The van der Waals surface area contributed by atoms with E-state index in [9.17, 15) is 5.11 Å². The zero-order valence-electron chi connectivity index (χ0n) is 11.7. The normalized spacial score (nSPS) is 35.3. The van der Waals surface area contributed by atoms with E-state index in [0.29, 0.717) is 6.04 Å². The fourth-order valence-corrected chi connectivity index (χ4v) is 3.18. The van der Waals surface area contributed by atoms with Crippen molar-refractivity contribution in [3.8, 4) is 0 Å². The highest BCUT2D eigenvalue weighted by molar-refractivity contribution is 4.91. The number of piperazine rings is 1. The predicted molar refractivity (Wildman–Crippen MR) is 71.2 cm³/mol. The molecule has 2 fully saturated rings. The summed E-state index contributed by atoms with van der Waals surface area (Å²) in [5.41, 5.74) is -0.523. The molecule has 0 saturated carbocycles. The van der Waals surface area contributed by atoms with Gasteiger partial charge in [-0.15, -0.1) is 0 Å². The monoisotopic (exact) mass is 240 g/mol. The Kier molecular flexibility index (Phi) is 4.11. The van der Waals surface area contributed by atoms with Crippen LogP contribution in [0.25, 0.3) is 0 Å². The molecule has 2 aliphatic rings. The summed E-state index contributed by atoms with van der Waals surface area (Å²) in [4.78, 5) is 5.15. The molecule has 0 bridgehead atoms. The third-order valence-electron chi connectivity index (χ3n) is 4.62. The van der Waals surface area contributed by atoms with Gasteiger partial charge in [0.2, 0.25) is 0 Å². The Bertz CT molecular complexity index is 255. The molecule has 0 aliphatic carbocycles. The highest BCUT2D eigenvalue weighted by atomic mass is 16.3. The molecule has 2 aliphatic heterocycles. The number of β-amino-alcohol motifs (C(OH)–C–C–N with tert-alkyl or cyclic N) is 1. The Hall–Kier alpha value is -0.120. The molecule has 100 valence electrons. The van der Waals surface area contributed by atoms with E-state index in [0.717, 1.165) is 25.6 Å². The first-order chi connectivity index (χ1) is 8.02. The van der Waals surface area contributed by atoms with Crippen LogP contribution in [0.3, 0.4) is 0 Å². The second-order valence-electron chi connectivity index (χ2n) is 6.27. The average Bonchev–Trinajstić information content (AvgIpc) is 2.30. The molecule has 0 aromatic rings. The van der Waals surface area contributed by atoms with E-state index in [4.69, 9.17) is 0 Å². The van der Waals surface area contributed by atoms with E-state index in [2.05, 4.69) is 23.6 Å². The van der Waals surface area contributed by atoms with Crippen LogP contribution in [0.5, 0.6) is 0 Å². The number of rotatable bonds is 3. The van der Waals surface area contributed by atoms with Crippen molar-refractivity contribution in [2.24, 2.45) is 0 Å². The van der Waals surface area contributed by atoms with Crippen molar-refractivity contribution in [1.82, 2.24) is 9.80 Å². The van der Waals surface area contributed by atoms with E-state index < -0.39 is 5.60 Å². The van der Waals surface area contributed by atoms with Crippen LogP contribution in [0.4, 0.5) is 0 Å². The molecule has 1 N–H and O–H groups in total. The van der Waals surface area contributed by atoms with Crippen molar-refractivity contribution < 1.29 is 5.11 Å². The summed E-state index contributed by atoms with van der Waals surface area (Å²) < 4.78 is 0. The molecule has 3 atom stereocenters. The van der Waals surface area contributed by atoms with Crippen molar-refractivity contribution >= 4 is 0 Å². The predicted octanol–water partition coefficient (Wildman–Crippen LogP) is 1.71. The number of fused-ring (bicyclic) bond motifs is 1. The summed E-state index contributed by atoms with van der Waals surface area (Å²) in [7, 11) is 0. The first-order valence-electron chi connectivity index (χ1n) is 7.22. The van der Waals surface area contributed by atoms with Gasteiger partial charge in [0, 0.05) is 31.7 Å². The number of hydrogen-bond donors (Lipinski definition) is 1. The van der Waals surface area contributed by atoms with Crippen LogP contribution in [0, 0.1) is 0 Å². The third kappa shape index (κ3) is 3.21. The second kappa shape index (κ2) is 5.25. The van der Waals surface area contributed by atoms with E-state index >= 15 is 0 Å². The van der Waals surface area contributed by atoms with Crippen LogP contribution in [0.1, 0.15) is 46.5 Å². The van der Waals surface area contributed by atoms with Gasteiger partial charge >= 0.3 is 0 Å². The molecule has 0 aromatic carbocycles. The minimum absolute atomic E-state index is 0.523. The Balaban J connectivity index is 1.95. The zero-order valence-corrected chi connectivity index (χ0v) is 11.7. The molecular weight excluding hydrogens is 212 g/mol. The third-order valence-corrected chi connectivity index (χ3v) is 4.62. The van der Waals surface area contributed by atoms with Gasteiger partial charge in [0.15, 0.2) is 0 Å². The first kappa shape index (κ1) is 13.3. The molecule has 0 amide bonds. The van der Waals surface area contributed by atoms with Crippen molar-refractivity contribution in [3.05, 3.63) is 0 Å². The van der Waals surface area contributed by atoms with Crippen molar-refractivity contribution in [3.63, 3.8) is 0 Å². The summed E-state index contributed by atoms with van der Waals surface area (Å²) >= 11 is 0. The highest BCUT2D eigenvalue weighted by Gasteiger charge is 2.35. The van der Waals surface area contributed by atoms with Gasteiger partial charge in [0.25, 0.3) is 0 Å². The number of aliphatic hydroxyl groups is 1. The number of nitrogens with zero attached hydrogens (tertiary/aromatic N) is 2. The van der Waals surface area contributed by atoms with E-state index in [-0.39, 0.29) is 0 Å². The van der Waals surface area contributed by atoms with E-state index in [1.54, 1.807) is 0 Å². The van der Waals surface area contributed by atoms with Crippen LogP contribution in [0.2, 0.25) is 0 Å². The first-order valence-corrected chi connectivity index (χ1v) is 7.22.